The summed E-state index contributed by atoms with van der Waals surface area (Å²) in [6.07, 6.45) is 6.23. The summed E-state index contributed by atoms with van der Waals surface area (Å²) in [5.74, 6) is 0.976. The van der Waals surface area contributed by atoms with Crippen LogP contribution in [0.1, 0.15) is 39.0 Å². The first-order chi connectivity index (χ1) is 11.7. The van der Waals surface area contributed by atoms with Crippen molar-refractivity contribution in [2.75, 3.05) is 25.0 Å². The van der Waals surface area contributed by atoms with Crippen LogP contribution in [0.3, 0.4) is 0 Å². The van der Waals surface area contributed by atoms with Crippen LogP contribution < -0.4 is 20.7 Å². The Bertz CT molecular complexity index is 542. The molecule has 0 saturated heterocycles. The van der Waals surface area contributed by atoms with E-state index in [-0.39, 0.29) is 18.5 Å². The van der Waals surface area contributed by atoms with Crippen molar-refractivity contribution >= 4 is 17.6 Å². The molecule has 0 heterocycles. The van der Waals surface area contributed by atoms with E-state index < -0.39 is 0 Å². The van der Waals surface area contributed by atoms with E-state index in [1.54, 1.807) is 24.3 Å². The van der Waals surface area contributed by atoms with Gasteiger partial charge in [-0.2, -0.15) is 0 Å². The SMILES string of the molecule is CCNC(=O)COc1cccc(NC(=O)NCC2CCCCC2)c1. The molecule has 0 spiro atoms. The number of benzene rings is 1. The summed E-state index contributed by atoms with van der Waals surface area (Å²) in [6, 6.07) is 6.83. The molecule has 3 amide bonds. The molecule has 0 radical (unpaired) electrons. The lowest BCUT2D eigenvalue weighted by atomic mass is 9.89. The van der Waals surface area contributed by atoms with Gasteiger partial charge in [0, 0.05) is 24.8 Å². The van der Waals surface area contributed by atoms with Gasteiger partial charge in [-0.1, -0.05) is 25.3 Å². The maximum atomic E-state index is 12.0. The topological polar surface area (TPSA) is 79.5 Å². The van der Waals surface area contributed by atoms with E-state index in [0.29, 0.717) is 23.9 Å². The molecule has 0 unspecified atom stereocenters. The summed E-state index contributed by atoms with van der Waals surface area (Å²) < 4.78 is 5.41. The van der Waals surface area contributed by atoms with Gasteiger partial charge in [-0.3, -0.25) is 4.79 Å². The van der Waals surface area contributed by atoms with Gasteiger partial charge in [0.25, 0.3) is 5.91 Å². The number of ether oxygens (including phenoxy) is 1. The normalized spacial score (nSPS) is 14.7. The highest BCUT2D eigenvalue weighted by molar-refractivity contribution is 5.89. The minimum Gasteiger partial charge on any atom is -0.484 e. The molecule has 6 nitrogen and oxygen atoms in total. The van der Waals surface area contributed by atoms with E-state index in [4.69, 9.17) is 4.74 Å². The maximum absolute atomic E-state index is 12.0. The average molecular weight is 333 g/mol. The fourth-order valence-corrected chi connectivity index (χ4v) is 2.86. The van der Waals surface area contributed by atoms with Crippen molar-refractivity contribution < 1.29 is 14.3 Å². The van der Waals surface area contributed by atoms with Gasteiger partial charge in [0.05, 0.1) is 0 Å². The zero-order valence-corrected chi connectivity index (χ0v) is 14.3. The van der Waals surface area contributed by atoms with Crippen LogP contribution in [0.4, 0.5) is 10.5 Å². The van der Waals surface area contributed by atoms with Gasteiger partial charge in [-0.15, -0.1) is 0 Å². The van der Waals surface area contributed by atoms with E-state index in [2.05, 4.69) is 16.0 Å². The van der Waals surface area contributed by atoms with Crippen LogP contribution in [-0.2, 0) is 4.79 Å². The highest BCUT2D eigenvalue weighted by atomic mass is 16.5. The number of carbonyl (C=O) groups is 2. The Balaban J connectivity index is 1.75. The number of rotatable bonds is 7. The molecule has 1 aromatic rings. The van der Waals surface area contributed by atoms with Gasteiger partial charge < -0.3 is 20.7 Å². The lowest BCUT2D eigenvalue weighted by Gasteiger charge is -2.21. The molecule has 132 valence electrons. The number of likely N-dealkylation sites (N-methyl/N-ethyl adjacent to an activating group) is 1. The lowest BCUT2D eigenvalue weighted by Crippen LogP contribution is -2.33. The van der Waals surface area contributed by atoms with Gasteiger partial charge in [0.1, 0.15) is 5.75 Å². The number of carbonyl (C=O) groups excluding carboxylic acids is 2. The summed E-state index contributed by atoms with van der Waals surface area (Å²) in [5.41, 5.74) is 0.643. The van der Waals surface area contributed by atoms with E-state index in [0.717, 1.165) is 6.54 Å². The fourth-order valence-electron chi connectivity index (χ4n) is 2.86. The van der Waals surface area contributed by atoms with Crippen LogP contribution in [0.2, 0.25) is 0 Å². The molecule has 1 aliphatic rings. The average Bonchev–Trinajstić information content (AvgIpc) is 2.60. The van der Waals surface area contributed by atoms with Gasteiger partial charge in [0.2, 0.25) is 0 Å². The first-order valence-electron chi connectivity index (χ1n) is 8.71. The van der Waals surface area contributed by atoms with Crippen molar-refractivity contribution in [2.24, 2.45) is 5.92 Å². The number of anilines is 1. The first-order valence-corrected chi connectivity index (χ1v) is 8.71. The van der Waals surface area contributed by atoms with Crippen molar-refractivity contribution in [3.05, 3.63) is 24.3 Å². The predicted molar refractivity (Wildman–Crippen MR) is 94.2 cm³/mol. The zero-order valence-electron chi connectivity index (χ0n) is 14.3. The van der Waals surface area contributed by atoms with Gasteiger partial charge >= 0.3 is 6.03 Å². The highest BCUT2D eigenvalue weighted by Gasteiger charge is 2.14. The van der Waals surface area contributed by atoms with Gasteiger partial charge in [-0.25, -0.2) is 4.79 Å². The first kappa shape index (κ1) is 18.1. The minimum absolute atomic E-state index is 0.0365. The minimum atomic E-state index is -0.207. The maximum Gasteiger partial charge on any atom is 0.319 e. The molecule has 0 atom stereocenters. The number of amides is 3. The molecule has 1 aliphatic carbocycles. The summed E-state index contributed by atoms with van der Waals surface area (Å²) in [7, 11) is 0. The van der Waals surface area contributed by atoms with Crippen LogP contribution in [0.5, 0.6) is 5.75 Å². The number of urea groups is 1. The third-order valence-corrected chi connectivity index (χ3v) is 4.11. The van der Waals surface area contributed by atoms with Crippen LogP contribution in [0, 0.1) is 5.92 Å². The Morgan fingerprint density at radius 3 is 2.71 bits per heavy atom. The van der Waals surface area contributed by atoms with Gasteiger partial charge in [0.15, 0.2) is 6.61 Å². The second kappa shape index (κ2) is 9.80. The van der Waals surface area contributed by atoms with Crippen LogP contribution >= 0.6 is 0 Å². The Hall–Kier alpha value is -2.24. The molecule has 0 bridgehead atoms. The van der Waals surface area contributed by atoms with E-state index in [9.17, 15) is 9.59 Å². The fraction of sp³-hybridized carbons (Fsp3) is 0.556. The third kappa shape index (κ3) is 6.48. The van der Waals surface area contributed by atoms with E-state index in [1.807, 2.05) is 6.92 Å². The third-order valence-electron chi connectivity index (χ3n) is 4.11. The second-order valence-electron chi connectivity index (χ2n) is 6.11. The summed E-state index contributed by atoms with van der Waals surface area (Å²) >= 11 is 0. The molecule has 1 aromatic carbocycles. The number of hydrogen-bond acceptors (Lipinski definition) is 3. The Labute approximate surface area is 143 Å². The molecule has 3 N–H and O–H groups in total. The Kier molecular flexibility index (Phi) is 7.39. The second-order valence-corrected chi connectivity index (χ2v) is 6.11. The van der Waals surface area contributed by atoms with Gasteiger partial charge in [-0.05, 0) is 37.8 Å². The molecule has 0 aromatic heterocycles. The van der Waals surface area contributed by atoms with Crippen LogP contribution in [-0.4, -0.2) is 31.6 Å². The van der Waals surface area contributed by atoms with Crippen LogP contribution in [0.25, 0.3) is 0 Å². The summed E-state index contributed by atoms with van der Waals surface area (Å²) in [4.78, 5) is 23.4. The van der Waals surface area contributed by atoms with Crippen molar-refractivity contribution in [1.29, 1.82) is 0 Å². The molecular weight excluding hydrogens is 306 g/mol. The number of hydrogen-bond donors (Lipinski definition) is 3. The van der Waals surface area contributed by atoms with Crippen molar-refractivity contribution in [3.8, 4) is 5.75 Å². The summed E-state index contributed by atoms with van der Waals surface area (Å²) in [5, 5.41) is 8.40. The quantitative estimate of drug-likeness (QED) is 0.718. The molecule has 24 heavy (non-hydrogen) atoms. The molecule has 1 saturated carbocycles. The van der Waals surface area contributed by atoms with Crippen molar-refractivity contribution in [1.82, 2.24) is 10.6 Å². The largest absolute Gasteiger partial charge is 0.484 e. The smallest absolute Gasteiger partial charge is 0.319 e. The van der Waals surface area contributed by atoms with E-state index >= 15 is 0 Å². The number of nitrogens with one attached hydrogen (secondary N) is 3. The molecule has 1 fully saturated rings. The molecule has 0 aliphatic heterocycles. The molecule has 6 heteroatoms. The van der Waals surface area contributed by atoms with Crippen molar-refractivity contribution in [3.63, 3.8) is 0 Å². The molecular formula is C18H27N3O3. The summed E-state index contributed by atoms with van der Waals surface area (Å²) in [6.45, 7) is 3.11. The molecule has 2 rings (SSSR count). The lowest BCUT2D eigenvalue weighted by molar-refractivity contribution is -0.122. The zero-order chi connectivity index (χ0) is 17.2. The monoisotopic (exact) mass is 333 g/mol. The van der Waals surface area contributed by atoms with Crippen molar-refractivity contribution in [2.45, 2.75) is 39.0 Å². The standard InChI is InChI=1S/C18H27N3O3/c1-2-19-17(22)13-24-16-10-6-9-15(11-16)21-18(23)20-12-14-7-4-3-5-8-14/h6,9-11,14H,2-5,7-8,12-13H2,1H3,(H,19,22)(H2,20,21,23). The predicted octanol–water partition coefficient (Wildman–Crippen LogP) is 2.90. The highest BCUT2D eigenvalue weighted by Crippen LogP contribution is 2.23. The van der Waals surface area contributed by atoms with E-state index in [1.165, 1.54) is 32.1 Å². The Morgan fingerprint density at radius 1 is 1.17 bits per heavy atom. The van der Waals surface area contributed by atoms with Crippen LogP contribution in [0.15, 0.2) is 24.3 Å². The Morgan fingerprint density at radius 2 is 1.96 bits per heavy atom.